The second-order valence-electron chi connectivity index (χ2n) is 2.45. The number of nitrogens with two attached hydrogens (primary N) is 1. The second kappa shape index (κ2) is 3.21. The van der Waals surface area contributed by atoms with Gasteiger partial charge in [0.1, 0.15) is 6.04 Å². The topological polar surface area (TPSA) is 105 Å². The Bertz CT molecular complexity index is 248. The summed E-state index contributed by atoms with van der Waals surface area (Å²) in [6.07, 6.45) is 0.122. The SMILES string of the molecule is NC1=NC(CCC(=O)O)C(=O)N1. The highest BCUT2D eigenvalue weighted by atomic mass is 16.4. The van der Waals surface area contributed by atoms with Crippen molar-refractivity contribution in [3.63, 3.8) is 0 Å². The molecule has 1 amide bonds. The van der Waals surface area contributed by atoms with Gasteiger partial charge >= 0.3 is 5.97 Å². The number of amides is 1. The maximum Gasteiger partial charge on any atom is 0.303 e. The highest BCUT2D eigenvalue weighted by Gasteiger charge is 2.24. The molecule has 0 saturated heterocycles. The summed E-state index contributed by atoms with van der Waals surface area (Å²) in [7, 11) is 0. The van der Waals surface area contributed by atoms with Crippen LogP contribution in [0.1, 0.15) is 12.8 Å². The van der Waals surface area contributed by atoms with Gasteiger partial charge in [-0.2, -0.15) is 0 Å². The molecule has 0 bridgehead atoms. The van der Waals surface area contributed by atoms with Gasteiger partial charge in [0.2, 0.25) is 0 Å². The quantitative estimate of drug-likeness (QED) is 0.489. The van der Waals surface area contributed by atoms with Crippen LogP contribution >= 0.6 is 0 Å². The minimum Gasteiger partial charge on any atom is -0.481 e. The van der Waals surface area contributed by atoms with Crippen molar-refractivity contribution in [2.24, 2.45) is 10.7 Å². The van der Waals surface area contributed by atoms with Crippen molar-refractivity contribution < 1.29 is 14.7 Å². The fraction of sp³-hybridized carbons (Fsp3) is 0.500. The summed E-state index contributed by atoms with van der Waals surface area (Å²) in [5.41, 5.74) is 5.19. The van der Waals surface area contributed by atoms with Gasteiger partial charge in [0.05, 0.1) is 0 Å². The molecule has 1 aliphatic heterocycles. The second-order valence-corrected chi connectivity index (χ2v) is 2.45. The molecular weight excluding hydrogens is 162 g/mol. The predicted molar refractivity (Wildman–Crippen MR) is 40.4 cm³/mol. The summed E-state index contributed by atoms with van der Waals surface area (Å²) in [5.74, 6) is -1.20. The van der Waals surface area contributed by atoms with Gasteiger partial charge in [0.25, 0.3) is 5.91 Å². The maximum atomic E-state index is 10.9. The van der Waals surface area contributed by atoms with E-state index in [2.05, 4.69) is 10.3 Å². The lowest BCUT2D eigenvalue weighted by Gasteiger charge is -1.99. The zero-order chi connectivity index (χ0) is 9.14. The number of hydrogen-bond donors (Lipinski definition) is 3. The Morgan fingerprint density at radius 3 is 2.83 bits per heavy atom. The minimum atomic E-state index is -0.941. The third-order valence-corrected chi connectivity index (χ3v) is 1.48. The van der Waals surface area contributed by atoms with Crippen molar-refractivity contribution in [3.05, 3.63) is 0 Å². The van der Waals surface area contributed by atoms with E-state index in [0.29, 0.717) is 0 Å². The monoisotopic (exact) mass is 171 g/mol. The molecule has 1 rings (SSSR count). The lowest BCUT2D eigenvalue weighted by molar-refractivity contribution is -0.137. The van der Waals surface area contributed by atoms with Crippen molar-refractivity contribution in [2.45, 2.75) is 18.9 Å². The molecule has 6 heteroatoms. The molecule has 0 radical (unpaired) electrons. The number of hydrogen-bond acceptors (Lipinski definition) is 4. The first-order chi connectivity index (χ1) is 5.59. The van der Waals surface area contributed by atoms with Crippen LogP contribution in [-0.2, 0) is 9.59 Å². The van der Waals surface area contributed by atoms with Gasteiger partial charge < -0.3 is 10.8 Å². The summed E-state index contributed by atoms with van der Waals surface area (Å²) in [4.78, 5) is 24.7. The van der Waals surface area contributed by atoms with Gasteiger partial charge in [-0.3, -0.25) is 14.9 Å². The average molecular weight is 171 g/mol. The van der Waals surface area contributed by atoms with Crippen LogP contribution in [0.15, 0.2) is 4.99 Å². The summed E-state index contributed by atoms with van der Waals surface area (Å²) in [6, 6.07) is -0.624. The molecule has 0 aliphatic carbocycles. The highest BCUT2D eigenvalue weighted by molar-refractivity contribution is 6.04. The van der Waals surface area contributed by atoms with Crippen LogP contribution in [0, 0.1) is 0 Å². The summed E-state index contributed by atoms with van der Waals surface area (Å²) >= 11 is 0. The van der Waals surface area contributed by atoms with Crippen LogP contribution in [0.2, 0.25) is 0 Å². The van der Waals surface area contributed by atoms with Crippen LogP contribution in [0.25, 0.3) is 0 Å². The van der Waals surface area contributed by atoms with E-state index in [9.17, 15) is 9.59 Å². The van der Waals surface area contributed by atoms with Crippen molar-refractivity contribution in [1.29, 1.82) is 0 Å². The standard InChI is InChI=1S/C6H9N3O3/c7-6-8-3(5(12)9-6)1-2-4(10)11/h3H,1-2H2,(H,10,11)(H3,7,8,9,12). The molecule has 66 valence electrons. The van der Waals surface area contributed by atoms with Crippen LogP contribution < -0.4 is 11.1 Å². The number of carbonyl (C=O) groups is 2. The van der Waals surface area contributed by atoms with Crippen LogP contribution in [-0.4, -0.2) is 29.0 Å². The average Bonchev–Trinajstić information content (AvgIpc) is 2.26. The number of nitrogens with one attached hydrogen (secondary N) is 1. The molecular formula is C6H9N3O3. The number of carboxylic acids is 1. The molecule has 0 aromatic heterocycles. The molecule has 12 heavy (non-hydrogen) atoms. The Kier molecular flexibility index (Phi) is 2.27. The third-order valence-electron chi connectivity index (χ3n) is 1.48. The predicted octanol–water partition coefficient (Wildman–Crippen LogP) is -1.34. The van der Waals surface area contributed by atoms with E-state index in [-0.39, 0.29) is 24.7 Å². The Morgan fingerprint density at radius 1 is 1.75 bits per heavy atom. The Labute approximate surface area is 68.5 Å². The van der Waals surface area contributed by atoms with E-state index in [4.69, 9.17) is 10.8 Å². The number of nitrogens with zero attached hydrogens (tertiary/aromatic N) is 1. The van der Waals surface area contributed by atoms with Crippen molar-refractivity contribution >= 4 is 17.8 Å². The number of aliphatic imine (C=N–C) groups is 1. The smallest absolute Gasteiger partial charge is 0.303 e. The summed E-state index contributed by atoms with van der Waals surface area (Å²) < 4.78 is 0. The Morgan fingerprint density at radius 2 is 2.42 bits per heavy atom. The number of aliphatic carboxylic acids is 1. The summed E-state index contributed by atoms with van der Waals surface area (Å²) in [5, 5.41) is 10.6. The molecule has 6 nitrogen and oxygen atoms in total. The van der Waals surface area contributed by atoms with Crippen molar-refractivity contribution in [1.82, 2.24) is 5.32 Å². The largest absolute Gasteiger partial charge is 0.481 e. The van der Waals surface area contributed by atoms with Gasteiger partial charge in [-0.25, -0.2) is 4.99 Å². The lowest BCUT2D eigenvalue weighted by atomic mass is 10.1. The van der Waals surface area contributed by atoms with Gasteiger partial charge in [0, 0.05) is 6.42 Å². The fourth-order valence-corrected chi connectivity index (χ4v) is 0.924. The van der Waals surface area contributed by atoms with E-state index in [1.165, 1.54) is 0 Å². The van der Waals surface area contributed by atoms with Gasteiger partial charge in [0.15, 0.2) is 5.96 Å². The molecule has 1 aliphatic rings. The van der Waals surface area contributed by atoms with Crippen LogP contribution in [0.3, 0.4) is 0 Å². The number of guanidine groups is 1. The molecule has 0 saturated carbocycles. The van der Waals surface area contributed by atoms with E-state index in [0.717, 1.165) is 0 Å². The first-order valence-electron chi connectivity index (χ1n) is 3.45. The van der Waals surface area contributed by atoms with E-state index < -0.39 is 12.0 Å². The van der Waals surface area contributed by atoms with Crippen LogP contribution in [0.4, 0.5) is 0 Å². The first kappa shape index (κ1) is 8.51. The van der Waals surface area contributed by atoms with Gasteiger partial charge in [-0.15, -0.1) is 0 Å². The molecule has 4 N–H and O–H groups in total. The Balaban J connectivity index is 2.42. The summed E-state index contributed by atoms with van der Waals surface area (Å²) in [6.45, 7) is 0. The number of carbonyl (C=O) groups excluding carboxylic acids is 1. The number of carboxylic acid groups (broad SMARTS) is 1. The molecule has 0 spiro atoms. The lowest BCUT2D eigenvalue weighted by Crippen LogP contribution is -2.33. The van der Waals surface area contributed by atoms with Crippen LogP contribution in [0.5, 0.6) is 0 Å². The molecule has 1 heterocycles. The molecule has 0 aromatic carbocycles. The van der Waals surface area contributed by atoms with E-state index >= 15 is 0 Å². The fourth-order valence-electron chi connectivity index (χ4n) is 0.924. The minimum absolute atomic E-state index is 0.0652. The third kappa shape index (κ3) is 1.94. The zero-order valence-electron chi connectivity index (χ0n) is 6.28. The number of rotatable bonds is 3. The van der Waals surface area contributed by atoms with Gasteiger partial charge in [-0.1, -0.05) is 0 Å². The Hall–Kier alpha value is -1.59. The van der Waals surface area contributed by atoms with Crippen molar-refractivity contribution in [3.8, 4) is 0 Å². The van der Waals surface area contributed by atoms with E-state index in [1.54, 1.807) is 0 Å². The highest BCUT2D eigenvalue weighted by Crippen LogP contribution is 2.06. The van der Waals surface area contributed by atoms with E-state index in [1.807, 2.05) is 0 Å². The van der Waals surface area contributed by atoms with Crippen molar-refractivity contribution in [2.75, 3.05) is 0 Å². The molecule has 0 fully saturated rings. The molecule has 1 atom stereocenters. The molecule has 1 unspecified atom stereocenters. The first-order valence-corrected chi connectivity index (χ1v) is 3.45. The normalized spacial score (nSPS) is 21.8. The maximum absolute atomic E-state index is 10.9. The molecule has 0 aromatic rings. The van der Waals surface area contributed by atoms with Gasteiger partial charge in [-0.05, 0) is 6.42 Å². The zero-order valence-corrected chi connectivity index (χ0v) is 6.28.